The van der Waals surface area contributed by atoms with Gasteiger partial charge >= 0.3 is 10.2 Å². The normalized spacial score (nSPS) is 17.8. The van der Waals surface area contributed by atoms with Crippen LogP contribution in [0.15, 0.2) is 79.1 Å². The number of hydrogen-bond donors (Lipinski definition) is 4. The van der Waals surface area contributed by atoms with E-state index in [1.807, 2.05) is 53.4 Å². The van der Waals surface area contributed by atoms with E-state index in [0.29, 0.717) is 68.7 Å². The minimum Gasteiger partial charge on any atom is -0.374 e. The highest BCUT2D eigenvalue weighted by Gasteiger charge is 2.30. The van der Waals surface area contributed by atoms with Crippen LogP contribution in [-0.4, -0.2) is 139 Å². The van der Waals surface area contributed by atoms with Crippen LogP contribution in [0.2, 0.25) is 0 Å². The van der Waals surface area contributed by atoms with Crippen molar-refractivity contribution in [2.24, 2.45) is 0 Å². The Morgan fingerprint density at radius 1 is 0.922 bits per heavy atom. The van der Waals surface area contributed by atoms with Crippen LogP contribution in [0, 0.1) is 11.6 Å². The van der Waals surface area contributed by atoms with Crippen molar-refractivity contribution in [3.05, 3.63) is 107 Å². The lowest BCUT2D eigenvalue weighted by Gasteiger charge is -2.38. The Hall–Kier alpha value is -6.28. The topological polar surface area (TPSA) is 183 Å². The number of halogens is 2. The number of carbonyl (C=O) groups is 4. The number of hydrogen-bond acceptors (Lipinski definition) is 11. The van der Waals surface area contributed by atoms with Gasteiger partial charge in [-0.05, 0) is 53.9 Å². The third-order valence-corrected chi connectivity index (χ3v) is 13.7. The maximum Gasteiger partial charge on any atom is 0.301 e. The monoisotopic (exact) mass is 896 g/mol. The summed E-state index contributed by atoms with van der Waals surface area (Å²) in [5, 5.41) is 5.98. The standard InChI is InChI=1S/C45H50F2N10O6S/c1-3-53(2)64(62,63)52-37-12-11-36(46)41(42(37)47)43(60)35-26-49-44-34(35)23-30(25-48-44)33-10-5-4-7-29(33)27-54-17-21-57(22-18-54)40(59)28-55-15-19-56(20-16-55)32-9-6-8-31(24-32)50-38-13-14-39(58)51-45(38)61/h4-12,23-26,38,50,52H,3,13-22,27-28H2,1-2H3,(H,48,49)(H,51,58,61). The van der Waals surface area contributed by atoms with Crippen molar-refractivity contribution in [1.29, 1.82) is 0 Å². The molecule has 5 aromatic rings. The molecule has 3 aliphatic heterocycles. The number of fused-ring (bicyclic) bond motifs is 1. The molecule has 4 N–H and O–H groups in total. The summed E-state index contributed by atoms with van der Waals surface area (Å²) in [7, 11) is -2.85. The van der Waals surface area contributed by atoms with Gasteiger partial charge in [0.15, 0.2) is 5.82 Å². The number of carbonyl (C=O) groups excluding carboxylic acids is 4. The number of piperazine rings is 2. The van der Waals surface area contributed by atoms with Gasteiger partial charge in [0, 0.05) is 119 Å². The van der Waals surface area contributed by atoms with Gasteiger partial charge < -0.3 is 20.1 Å². The van der Waals surface area contributed by atoms with Gasteiger partial charge in [0.1, 0.15) is 17.5 Å². The van der Waals surface area contributed by atoms with E-state index in [-0.39, 0.29) is 29.8 Å². The summed E-state index contributed by atoms with van der Waals surface area (Å²) in [6.45, 7) is 8.11. The summed E-state index contributed by atoms with van der Waals surface area (Å²) >= 11 is 0. The van der Waals surface area contributed by atoms with E-state index in [9.17, 15) is 27.6 Å². The maximum atomic E-state index is 15.7. The number of nitrogens with one attached hydrogen (secondary N) is 4. The first-order valence-corrected chi connectivity index (χ1v) is 22.7. The third-order valence-electron chi connectivity index (χ3n) is 12.2. The summed E-state index contributed by atoms with van der Waals surface area (Å²) in [6, 6.07) is 18.8. The minimum absolute atomic E-state index is 0.0284. The first-order chi connectivity index (χ1) is 30.8. The second-order valence-corrected chi connectivity index (χ2v) is 18.0. The number of rotatable bonds is 14. The quantitative estimate of drug-likeness (QED) is 0.0934. The Labute approximate surface area is 369 Å². The van der Waals surface area contributed by atoms with Gasteiger partial charge in [-0.15, -0.1) is 0 Å². The molecule has 3 saturated heterocycles. The van der Waals surface area contributed by atoms with Crippen LogP contribution in [0.1, 0.15) is 41.3 Å². The van der Waals surface area contributed by atoms with Gasteiger partial charge in [-0.3, -0.25) is 39.0 Å². The zero-order chi connectivity index (χ0) is 45.1. The average molecular weight is 897 g/mol. The van der Waals surface area contributed by atoms with Crippen molar-refractivity contribution < 1.29 is 36.4 Å². The molecule has 1 atom stereocenters. The molecule has 3 aromatic carbocycles. The molecule has 0 spiro atoms. The molecule has 336 valence electrons. The summed E-state index contributed by atoms with van der Waals surface area (Å²) < 4.78 is 59.1. The van der Waals surface area contributed by atoms with Gasteiger partial charge in [-0.25, -0.2) is 13.8 Å². The van der Waals surface area contributed by atoms with Crippen molar-refractivity contribution in [2.45, 2.75) is 32.4 Å². The maximum absolute atomic E-state index is 15.7. The number of anilines is 3. The van der Waals surface area contributed by atoms with Crippen molar-refractivity contribution in [3.8, 4) is 11.1 Å². The SMILES string of the molecule is CCN(C)S(=O)(=O)Nc1ccc(F)c(C(=O)c2c[nH]c3ncc(-c4ccccc4CN4CCN(C(=O)CN5CCN(c6cccc(NC7CCC(=O)NC7=O)c6)CC5)CC4)cc23)c1F. The number of aromatic nitrogens is 2. The third kappa shape index (κ3) is 9.62. The number of imide groups is 1. The molecule has 8 rings (SSSR count). The zero-order valence-electron chi connectivity index (χ0n) is 35.6. The first kappa shape index (κ1) is 44.3. The summed E-state index contributed by atoms with van der Waals surface area (Å²) in [5.41, 5.74) is 3.24. The van der Waals surface area contributed by atoms with Crippen molar-refractivity contribution in [1.82, 2.24) is 34.3 Å². The van der Waals surface area contributed by atoms with Gasteiger partial charge in [0.2, 0.25) is 23.5 Å². The number of pyridine rings is 1. The Bertz CT molecular complexity index is 2700. The number of ketones is 1. The van der Waals surface area contributed by atoms with E-state index in [1.54, 1.807) is 19.2 Å². The fraction of sp³-hybridized carbons (Fsp3) is 0.356. The molecule has 0 saturated carbocycles. The molecular formula is C45H50F2N10O6S. The lowest BCUT2D eigenvalue weighted by molar-refractivity contribution is -0.135. The highest BCUT2D eigenvalue weighted by atomic mass is 32.2. The minimum atomic E-state index is -4.15. The van der Waals surface area contributed by atoms with Gasteiger partial charge in [0.05, 0.1) is 17.8 Å². The Kier molecular flexibility index (Phi) is 13.0. The molecule has 3 aliphatic rings. The Morgan fingerprint density at radius 3 is 2.42 bits per heavy atom. The molecule has 3 amide bonds. The molecule has 3 fully saturated rings. The number of aromatic amines is 1. The number of benzene rings is 3. The molecule has 0 bridgehead atoms. The van der Waals surface area contributed by atoms with Crippen LogP contribution in [0.25, 0.3) is 22.2 Å². The van der Waals surface area contributed by atoms with E-state index in [0.717, 1.165) is 65.1 Å². The lowest BCUT2D eigenvalue weighted by Crippen LogP contribution is -2.53. The molecule has 1 unspecified atom stereocenters. The van der Waals surface area contributed by atoms with Gasteiger partial charge in [-0.1, -0.05) is 37.3 Å². The molecule has 0 radical (unpaired) electrons. The van der Waals surface area contributed by atoms with E-state index in [2.05, 4.69) is 40.0 Å². The van der Waals surface area contributed by atoms with Gasteiger partial charge in [0.25, 0.3) is 0 Å². The lowest BCUT2D eigenvalue weighted by atomic mass is 9.97. The van der Waals surface area contributed by atoms with Crippen molar-refractivity contribution in [3.63, 3.8) is 0 Å². The summed E-state index contributed by atoms with van der Waals surface area (Å²) in [6.07, 6.45) is 3.76. The Balaban J connectivity index is 0.866. The van der Waals surface area contributed by atoms with Crippen LogP contribution in [0.4, 0.5) is 25.8 Å². The fourth-order valence-electron chi connectivity index (χ4n) is 8.32. The second kappa shape index (κ2) is 18.8. The van der Waals surface area contributed by atoms with Gasteiger partial charge in [-0.2, -0.15) is 12.7 Å². The zero-order valence-corrected chi connectivity index (χ0v) is 36.4. The number of amides is 3. The van der Waals surface area contributed by atoms with E-state index >= 15 is 8.78 Å². The largest absolute Gasteiger partial charge is 0.374 e. The number of nitrogens with zero attached hydrogens (tertiary/aromatic N) is 6. The fourth-order valence-corrected chi connectivity index (χ4v) is 9.25. The molecule has 0 aliphatic carbocycles. The molecule has 16 nitrogen and oxygen atoms in total. The van der Waals surface area contributed by atoms with Crippen molar-refractivity contribution in [2.75, 3.05) is 87.4 Å². The highest BCUT2D eigenvalue weighted by Crippen LogP contribution is 2.32. The van der Waals surface area contributed by atoms with Crippen LogP contribution in [-0.2, 0) is 31.1 Å². The number of H-pyrrole nitrogens is 1. The first-order valence-electron chi connectivity index (χ1n) is 21.3. The van der Waals surface area contributed by atoms with Crippen LogP contribution in [0.3, 0.4) is 0 Å². The van der Waals surface area contributed by atoms with Crippen LogP contribution < -0.4 is 20.3 Å². The summed E-state index contributed by atoms with van der Waals surface area (Å²) in [4.78, 5) is 67.2. The van der Waals surface area contributed by atoms with Crippen LogP contribution >= 0.6 is 0 Å². The highest BCUT2D eigenvalue weighted by molar-refractivity contribution is 7.90. The van der Waals surface area contributed by atoms with Crippen molar-refractivity contribution >= 4 is 61.8 Å². The molecular weight excluding hydrogens is 847 g/mol. The Morgan fingerprint density at radius 2 is 1.67 bits per heavy atom. The van der Waals surface area contributed by atoms with Crippen LogP contribution in [0.5, 0.6) is 0 Å². The smallest absolute Gasteiger partial charge is 0.301 e. The molecule has 64 heavy (non-hydrogen) atoms. The average Bonchev–Trinajstić information content (AvgIpc) is 3.72. The molecule has 19 heteroatoms. The predicted molar refractivity (Wildman–Crippen MR) is 239 cm³/mol. The van der Waals surface area contributed by atoms with E-state index < -0.39 is 44.9 Å². The number of piperidine rings is 1. The second-order valence-electron chi connectivity index (χ2n) is 16.2. The molecule has 2 aromatic heterocycles. The van der Waals surface area contributed by atoms with E-state index in [4.69, 9.17) is 0 Å². The van der Waals surface area contributed by atoms with E-state index in [1.165, 1.54) is 13.2 Å². The molecule has 5 heterocycles. The predicted octanol–water partition coefficient (Wildman–Crippen LogP) is 4.03. The summed E-state index contributed by atoms with van der Waals surface area (Å²) in [5.74, 6) is -3.91.